The Kier molecular flexibility index (Phi) is 4.00. The number of anilines is 1. The number of para-hydroxylation sites is 2. The van der Waals surface area contributed by atoms with Gasteiger partial charge in [-0.1, -0.05) is 24.3 Å². The van der Waals surface area contributed by atoms with Gasteiger partial charge in [0.05, 0.1) is 25.3 Å². The van der Waals surface area contributed by atoms with Gasteiger partial charge in [-0.25, -0.2) is 0 Å². The van der Waals surface area contributed by atoms with Crippen molar-refractivity contribution in [3.63, 3.8) is 0 Å². The van der Waals surface area contributed by atoms with Gasteiger partial charge in [0.25, 0.3) is 0 Å². The number of ether oxygens (including phenoxy) is 2. The van der Waals surface area contributed by atoms with Gasteiger partial charge in [0.1, 0.15) is 18.1 Å². The van der Waals surface area contributed by atoms with Crippen molar-refractivity contribution >= 4 is 11.6 Å². The largest absolute Gasteiger partial charge is 0.497 e. The van der Waals surface area contributed by atoms with Crippen LogP contribution in [0.15, 0.2) is 48.5 Å². The summed E-state index contributed by atoms with van der Waals surface area (Å²) < 4.78 is 10.9. The lowest BCUT2D eigenvalue weighted by atomic mass is 10.1. The van der Waals surface area contributed by atoms with Gasteiger partial charge in [-0.05, 0) is 36.8 Å². The third-order valence-electron chi connectivity index (χ3n) is 3.80. The maximum atomic E-state index is 12.8. The van der Waals surface area contributed by atoms with E-state index in [1.807, 2.05) is 60.4 Å². The second kappa shape index (κ2) is 6.10. The monoisotopic (exact) mass is 297 g/mol. The first-order chi connectivity index (χ1) is 10.7. The van der Waals surface area contributed by atoms with E-state index in [9.17, 15) is 4.79 Å². The van der Waals surface area contributed by atoms with Crippen molar-refractivity contribution in [3.8, 4) is 11.5 Å². The molecule has 0 bridgehead atoms. The summed E-state index contributed by atoms with van der Waals surface area (Å²) in [4.78, 5) is 14.6. The summed E-state index contributed by atoms with van der Waals surface area (Å²) in [6.07, 6.45) is 0.343. The zero-order valence-electron chi connectivity index (χ0n) is 12.8. The van der Waals surface area contributed by atoms with Gasteiger partial charge >= 0.3 is 0 Å². The molecular weight excluding hydrogens is 278 g/mol. The molecule has 0 saturated heterocycles. The van der Waals surface area contributed by atoms with E-state index in [0.717, 1.165) is 22.7 Å². The smallest absolute Gasteiger partial charge is 0.231 e. The molecule has 4 nitrogen and oxygen atoms in total. The first-order valence-corrected chi connectivity index (χ1v) is 7.36. The number of methoxy groups -OCH3 is 1. The molecule has 1 unspecified atom stereocenters. The Labute approximate surface area is 130 Å². The van der Waals surface area contributed by atoms with Gasteiger partial charge in [-0.15, -0.1) is 0 Å². The van der Waals surface area contributed by atoms with Crippen LogP contribution in [0.25, 0.3) is 0 Å². The summed E-state index contributed by atoms with van der Waals surface area (Å²) in [6, 6.07) is 15.3. The maximum absolute atomic E-state index is 12.8. The molecule has 2 aromatic carbocycles. The molecule has 1 amide bonds. The number of carbonyl (C=O) groups is 1. The van der Waals surface area contributed by atoms with Crippen LogP contribution in [0.3, 0.4) is 0 Å². The van der Waals surface area contributed by atoms with Crippen LogP contribution in [-0.4, -0.2) is 25.7 Å². The van der Waals surface area contributed by atoms with E-state index in [2.05, 4.69) is 0 Å². The normalized spacial score (nSPS) is 16.6. The zero-order chi connectivity index (χ0) is 15.5. The molecule has 0 N–H and O–H groups in total. The highest BCUT2D eigenvalue weighted by Gasteiger charge is 2.29. The van der Waals surface area contributed by atoms with Crippen LogP contribution < -0.4 is 14.4 Å². The highest BCUT2D eigenvalue weighted by molar-refractivity contribution is 5.97. The second-order valence-electron chi connectivity index (χ2n) is 5.42. The van der Waals surface area contributed by atoms with Gasteiger partial charge in [0.2, 0.25) is 5.91 Å². The molecule has 3 rings (SSSR count). The molecule has 22 heavy (non-hydrogen) atoms. The summed E-state index contributed by atoms with van der Waals surface area (Å²) in [7, 11) is 1.63. The van der Waals surface area contributed by atoms with E-state index < -0.39 is 0 Å². The van der Waals surface area contributed by atoms with Crippen molar-refractivity contribution in [1.29, 1.82) is 0 Å². The fourth-order valence-corrected chi connectivity index (χ4v) is 2.72. The molecule has 0 saturated carbocycles. The van der Waals surface area contributed by atoms with Crippen molar-refractivity contribution in [2.24, 2.45) is 0 Å². The Morgan fingerprint density at radius 1 is 1.27 bits per heavy atom. The van der Waals surface area contributed by atoms with E-state index in [-0.39, 0.29) is 11.9 Å². The predicted octanol–water partition coefficient (Wildman–Crippen LogP) is 3.05. The van der Waals surface area contributed by atoms with Crippen LogP contribution in [0.5, 0.6) is 11.5 Å². The van der Waals surface area contributed by atoms with Crippen LogP contribution >= 0.6 is 0 Å². The Morgan fingerprint density at radius 3 is 2.91 bits per heavy atom. The van der Waals surface area contributed by atoms with Crippen molar-refractivity contribution in [3.05, 3.63) is 54.1 Å². The number of hydrogen-bond donors (Lipinski definition) is 0. The number of nitrogens with zero attached hydrogens (tertiary/aromatic N) is 1. The standard InChI is InChI=1S/C18H19NO3/c1-13-12-22-17-9-4-3-8-16(17)19(13)18(20)11-14-6-5-7-15(10-14)21-2/h3-10,13H,11-12H2,1-2H3. The highest BCUT2D eigenvalue weighted by atomic mass is 16.5. The van der Waals surface area contributed by atoms with Crippen molar-refractivity contribution in [2.75, 3.05) is 18.6 Å². The molecule has 1 atom stereocenters. The summed E-state index contributed by atoms with van der Waals surface area (Å²) in [6.45, 7) is 2.51. The average molecular weight is 297 g/mol. The lowest BCUT2D eigenvalue weighted by Crippen LogP contribution is -2.45. The lowest BCUT2D eigenvalue weighted by molar-refractivity contribution is -0.118. The minimum Gasteiger partial charge on any atom is -0.497 e. The highest BCUT2D eigenvalue weighted by Crippen LogP contribution is 2.33. The molecule has 1 aliphatic rings. The molecule has 0 radical (unpaired) electrons. The molecule has 1 heterocycles. The maximum Gasteiger partial charge on any atom is 0.231 e. The number of carbonyl (C=O) groups excluding carboxylic acids is 1. The fraction of sp³-hybridized carbons (Fsp3) is 0.278. The van der Waals surface area contributed by atoms with Gasteiger partial charge in [0.15, 0.2) is 0 Å². The van der Waals surface area contributed by atoms with Crippen LogP contribution in [0.2, 0.25) is 0 Å². The molecule has 1 aliphatic heterocycles. The summed E-state index contributed by atoms with van der Waals surface area (Å²) in [5.74, 6) is 1.59. The first kappa shape index (κ1) is 14.4. The lowest BCUT2D eigenvalue weighted by Gasteiger charge is -2.35. The van der Waals surface area contributed by atoms with E-state index in [4.69, 9.17) is 9.47 Å². The van der Waals surface area contributed by atoms with Crippen molar-refractivity contribution < 1.29 is 14.3 Å². The van der Waals surface area contributed by atoms with E-state index in [1.165, 1.54) is 0 Å². The first-order valence-electron chi connectivity index (χ1n) is 7.36. The third-order valence-corrected chi connectivity index (χ3v) is 3.80. The van der Waals surface area contributed by atoms with Gasteiger partial charge < -0.3 is 14.4 Å². The SMILES string of the molecule is COc1cccc(CC(=O)N2c3ccccc3OCC2C)c1. The van der Waals surface area contributed by atoms with E-state index in [1.54, 1.807) is 7.11 Å². The van der Waals surface area contributed by atoms with Crippen molar-refractivity contribution in [2.45, 2.75) is 19.4 Å². The fourth-order valence-electron chi connectivity index (χ4n) is 2.72. The molecular formula is C18H19NO3. The van der Waals surface area contributed by atoms with E-state index in [0.29, 0.717) is 13.0 Å². The molecule has 0 spiro atoms. The average Bonchev–Trinajstić information content (AvgIpc) is 2.54. The molecule has 2 aromatic rings. The van der Waals surface area contributed by atoms with Crippen LogP contribution in [0, 0.1) is 0 Å². The third kappa shape index (κ3) is 2.77. The van der Waals surface area contributed by atoms with Gasteiger partial charge in [-0.3, -0.25) is 4.79 Å². The van der Waals surface area contributed by atoms with Crippen molar-refractivity contribution in [1.82, 2.24) is 0 Å². The van der Waals surface area contributed by atoms with E-state index >= 15 is 0 Å². The van der Waals surface area contributed by atoms with Gasteiger partial charge in [-0.2, -0.15) is 0 Å². The minimum atomic E-state index is 0.0213. The molecule has 0 aromatic heterocycles. The van der Waals surface area contributed by atoms with Gasteiger partial charge in [0, 0.05) is 0 Å². The van der Waals surface area contributed by atoms with Crippen LogP contribution in [0.1, 0.15) is 12.5 Å². The summed E-state index contributed by atoms with van der Waals surface area (Å²) in [5, 5.41) is 0. The van der Waals surface area contributed by atoms with Crippen LogP contribution in [-0.2, 0) is 11.2 Å². The summed E-state index contributed by atoms with van der Waals surface area (Å²) >= 11 is 0. The number of hydrogen-bond acceptors (Lipinski definition) is 3. The Balaban J connectivity index is 1.85. The quantitative estimate of drug-likeness (QED) is 0.874. The topological polar surface area (TPSA) is 38.8 Å². The minimum absolute atomic E-state index is 0.0213. The number of amides is 1. The Bertz CT molecular complexity index is 684. The molecule has 0 aliphatic carbocycles. The molecule has 114 valence electrons. The number of benzene rings is 2. The zero-order valence-corrected chi connectivity index (χ0v) is 12.8. The number of fused-ring (bicyclic) bond motifs is 1. The van der Waals surface area contributed by atoms with Crippen LogP contribution in [0.4, 0.5) is 5.69 Å². The Hall–Kier alpha value is -2.49. The molecule has 4 heteroatoms. The summed E-state index contributed by atoms with van der Waals surface area (Å²) in [5.41, 5.74) is 1.79. The number of rotatable bonds is 3. The second-order valence-corrected chi connectivity index (χ2v) is 5.42. The predicted molar refractivity (Wildman–Crippen MR) is 85.6 cm³/mol. The molecule has 0 fully saturated rings. The Morgan fingerprint density at radius 2 is 2.09 bits per heavy atom.